The van der Waals surface area contributed by atoms with Gasteiger partial charge in [0.25, 0.3) is 5.91 Å². The third-order valence-corrected chi connectivity index (χ3v) is 4.65. The van der Waals surface area contributed by atoms with Crippen molar-refractivity contribution in [2.75, 3.05) is 13.2 Å². The Morgan fingerprint density at radius 3 is 2.60 bits per heavy atom. The Labute approximate surface area is 173 Å². The first-order valence-corrected chi connectivity index (χ1v) is 9.74. The van der Waals surface area contributed by atoms with E-state index >= 15 is 0 Å². The lowest BCUT2D eigenvalue weighted by Gasteiger charge is -2.10. The molecule has 0 unspecified atom stereocenters. The van der Waals surface area contributed by atoms with Crippen LogP contribution in [0.5, 0.6) is 5.75 Å². The summed E-state index contributed by atoms with van der Waals surface area (Å²) >= 11 is 0. The second kappa shape index (κ2) is 8.73. The number of pyridine rings is 1. The summed E-state index contributed by atoms with van der Waals surface area (Å²) in [5.41, 5.74) is 2.81. The number of benzene rings is 2. The van der Waals surface area contributed by atoms with E-state index in [1.807, 2.05) is 23.6 Å². The fourth-order valence-electron chi connectivity index (χ4n) is 3.24. The van der Waals surface area contributed by atoms with Gasteiger partial charge in [-0.25, -0.2) is 14.4 Å². The van der Waals surface area contributed by atoms with E-state index in [2.05, 4.69) is 15.3 Å². The maximum Gasteiger partial charge on any atom is 0.251 e. The SMILES string of the molecule is CCOc1ccc(C(=O)NCCn2c(-c3ccc(F)cc3)nc3cccnc32)cc1. The molecule has 0 spiro atoms. The fourth-order valence-corrected chi connectivity index (χ4v) is 3.24. The molecule has 2 aromatic carbocycles. The highest BCUT2D eigenvalue weighted by Crippen LogP contribution is 2.23. The number of halogens is 1. The molecule has 0 aliphatic rings. The quantitative estimate of drug-likeness (QED) is 0.504. The third-order valence-electron chi connectivity index (χ3n) is 4.65. The summed E-state index contributed by atoms with van der Waals surface area (Å²) in [6.45, 7) is 3.36. The number of aromatic nitrogens is 3. The normalized spacial score (nSPS) is 10.9. The molecule has 0 saturated heterocycles. The summed E-state index contributed by atoms with van der Waals surface area (Å²) in [4.78, 5) is 21.5. The van der Waals surface area contributed by atoms with E-state index in [9.17, 15) is 9.18 Å². The second-order valence-corrected chi connectivity index (χ2v) is 6.65. The van der Waals surface area contributed by atoms with Gasteiger partial charge in [-0.05, 0) is 67.6 Å². The number of hydrogen-bond donors (Lipinski definition) is 1. The van der Waals surface area contributed by atoms with Crippen molar-refractivity contribution in [1.29, 1.82) is 0 Å². The van der Waals surface area contributed by atoms with Crippen molar-refractivity contribution in [3.8, 4) is 17.1 Å². The molecule has 0 saturated carbocycles. The van der Waals surface area contributed by atoms with Gasteiger partial charge in [-0.1, -0.05) is 0 Å². The van der Waals surface area contributed by atoms with Gasteiger partial charge in [-0.15, -0.1) is 0 Å². The summed E-state index contributed by atoms with van der Waals surface area (Å²) in [6.07, 6.45) is 1.70. The van der Waals surface area contributed by atoms with Crippen molar-refractivity contribution in [1.82, 2.24) is 19.9 Å². The maximum absolute atomic E-state index is 13.3. The Bertz CT molecular complexity index is 1150. The highest BCUT2D eigenvalue weighted by atomic mass is 19.1. The van der Waals surface area contributed by atoms with Crippen LogP contribution in [-0.2, 0) is 6.54 Å². The number of carbonyl (C=O) groups excluding carboxylic acids is 1. The highest BCUT2D eigenvalue weighted by molar-refractivity contribution is 5.94. The first-order valence-electron chi connectivity index (χ1n) is 9.74. The number of ether oxygens (including phenoxy) is 1. The minimum absolute atomic E-state index is 0.168. The van der Waals surface area contributed by atoms with Crippen molar-refractivity contribution in [2.24, 2.45) is 0 Å². The molecule has 4 rings (SSSR count). The van der Waals surface area contributed by atoms with Gasteiger partial charge in [-0.3, -0.25) is 4.79 Å². The number of nitrogens with one attached hydrogen (secondary N) is 1. The van der Waals surface area contributed by atoms with E-state index in [0.29, 0.717) is 36.7 Å². The predicted molar refractivity (Wildman–Crippen MR) is 113 cm³/mol. The molecule has 2 aromatic heterocycles. The zero-order valence-corrected chi connectivity index (χ0v) is 16.5. The van der Waals surface area contributed by atoms with E-state index in [1.54, 1.807) is 42.6 Å². The second-order valence-electron chi connectivity index (χ2n) is 6.65. The van der Waals surface area contributed by atoms with Gasteiger partial charge in [0.05, 0.1) is 6.61 Å². The van der Waals surface area contributed by atoms with Crippen molar-refractivity contribution in [3.63, 3.8) is 0 Å². The fraction of sp³-hybridized carbons (Fsp3) is 0.174. The molecule has 7 heteroatoms. The Kier molecular flexibility index (Phi) is 5.70. The van der Waals surface area contributed by atoms with E-state index in [0.717, 1.165) is 16.8 Å². The highest BCUT2D eigenvalue weighted by Gasteiger charge is 2.14. The van der Waals surface area contributed by atoms with Crippen LogP contribution in [-0.4, -0.2) is 33.6 Å². The van der Waals surface area contributed by atoms with Gasteiger partial charge >= 0.3 is 0 Å². The molecular weight excluding hydrogens is 383 g/mol. The summed E-state index contributed by atoms with van der Waals surface area (Å²) in [5.74, 6) is 0.939. The van der Waals surface area contributed by atoms with E-state index in [4.69, 9.17) is 4.74 Å². The predicted octanol–water partition coefficient (Wildman–Crippen LogP) is 4.07. The monoisotopic (exact) mass is 404 g/mol. The third kappa shape index (κ3) is 4.15. The number of amides is 1. The van der Waals surface area contributed by atoms with Crippen LogP contribution in [0.25, 0.3) is 22.6 Å². The Balaban J connectivity index is 1.51. The summed E-state index contributed by atoms with van der Waals surface area (Å²) in [5, 5.41) is 2.93. The van der Waals surface area contributed by atoms with Crippen molar-refractivity contribution >= 4 is 17.1 Å². The number of imidazole rings is 1. The molecule has 30 heavy (non-hydrogen) atoms. The first kappa shape index (κ1) is 19.6. The molecule has 4 aromatic rings. The number of fused-ring (bicyclic) bond motifs is 1. The molecule has 0 radical (unpaired) electrons. The summed E-state index contributed by atoms with van der Waals surface area (Å²) < 4.78 is 20.7. The maximum atomic E-state index is 13.3. The lowest BCUT2D eigenvalue weighted by Crippen LogP contribution is -2.27. The van der Waals surface area contributed by atoms with Crippen LogP contribution in [0.1, 0.15) is 17.3 Å². The zero-order chi connectivity index (χ0) is 20.9. The van der Waals surface area contributed by atoms with Crippen molar-refractivity contribution in [3.05, 3.63) is 78.2 Å². The summed E-state index contributed by atoms with van der Waals surface area (Å²) in [6, 6.07) is 16.9. The van der Waals surface area contributed by atoms with Crippen LogP contribution in [0.15, 0.2) is 66.9 Å². The lowest BCUT2D eigenvalue weighted by atomic mass is 10.2. The molecule has 2 heterocycles. The lowest BCUT2D eigenvalue weighted by molar-refractivity contribution is 0.0952. The molecular formula is C23H21FN4O2. The minimum atomic E-state index is -0.304. The van der Waals surface area contributed by atoms with Gasteiger partial charge in [0.2, 0.25) is 0 Å². The van der Waals surface area contributed by atoms with Crippen LogP contribution >= 0.6 is 0 Å². The molecule has 0 bridgehead atoms. The molecule has 0 aliphatic carbocycles. The van der Waals surface area contributed by atoms with Gasteiger partial charge < -0.3 is 14.6 Å². The van der Waals surface area contributed by atoms with E-state index in [1.165, 1.54) is 12.1 Å². The Morgan fingerprint density at radius 2 is 1.87 bits per heavy atom. The van der Waals surface area contributed by atoms with Gasteiger partial charge in [0, 0.05) is 30.4 Å². The molecule has 0 fully saturated rings. The standard InChI is InChI=1S/C23H21FN4O2/c1-2-30-19-11-7-17(8-12-19)23(29)26-14-15-28-21(16-5-9-18(24)10-6-16)27-20-4-3-13-25-22(20)28/h3-13H,2,14-15H2,1H3,(H,26,29). The smallest absolute Gasteiger partial charge is 0.251 e. The topological polar surface area (TPSA) is 69.0 Å². The Morgan fingerprint density at radius 1 is 1.10 bits per heavy atom. The molecule has 1 amide bonds. The van der Waals surface area contributed by atoms with Crippen LogP contribution in [0.3, 0.4) is 0 Å². The summed E-state index contributed by atoms with van der Waals surface area (Å²) in [7, 11) is 0. The van der Waals surface area contributed by atoms with Crippen LogP contribution < -0.4 is 10.1 Å². The number of rotatable bonds is 7. The van der Waals surface area contributed by atoms with Crippen molar-refractivity contribution in [2.45, 2.75) is 13.5 Å². The van der Waals surface area contributed by atoms with Gasteiger partial charge in [-0.2, -0.15) is 0 Å². The van der Waals surface area contributed by atoms with E-state index in [-0.39, 0.29) is 11.7 Å². The number of carbonyl (C=O) groups is 1. The minimum Gasteiger partial charge on any atom is -0.494 e. The zero-order valence-electron chi connectivity index (χ0n) is 16.5. The molecule has 152 valence electrons. The number of nitrogens with zero attached hydrogens (tertiary/aromatic N) is 3. The number of hydrogen-bond acceptors (Lipinski definition) is 4. The van der Waals surface area contributed by atoms with Crippen LogP contribution in [0.2, 0.25) is 0 Å². The van der Waals surface area contributed by atoms with Gasteiger partial charge in [0.15, 0.2) is 5.65 Å². The van der Waals surface area contributed by atoms with Crippen molar-refractivity contribution < 1.29 is 13.9 Å². The average molecular weight is 404 g/mol. The Hall–Kier alpha value is -3.74. The first-order chi connectivity index (χ1) is 14.7. The van der Waals surface area contributed by atoms with Gasteiger partial charge in [0.1, 0.15) is 22.9 Å². The molecule has 6 nitrogen and oxygen atoms in total. The van der Waals surface area contributed by atoms with Crippen LogP contribution in [0.4, 0.5) is 4.39 Å². The molecule has 1 N–H and O–H groups in total. The van der Waals surface area contributed by atoms with E-state index < -0.39 is 0 Å². The van der Waals surface area contributed by atoms with Crippen LogP contribution in [0, 0.1) is 5.82 Å². The molecule has 0 aliphatic heterocycles. The largest absolute Gasteiger partial charge is 0.494 e. The molecule has 0 atom stereocenters. The average Bonchev–Trinajstić information content (AvgIpc) is 3.13.